The Morgan fingerprint density at radius 1 is 0.913 bits per heavy atom. The van der Waals surface area contributed by atoms with Gasteiger partial charge in [-0.1, -0.05) is 20.8 Å². The molecule has 134 valence electrons. The van der Waals surface area contributed by atoms with Crippen LogP contribution in [-0.2, 0) is 9.59 Å². The zero-order valence-corrected chi connectivity index (χ0v) is 15.5. The number of halogens is 1. The maximum Gasteiger partial charge on any atom is 0.228 e. The number of amides is 2. The molecule has 2 aliphatic heterocycles. The van der Waals surface area contributed by atoms with Crippen LogP contribution in [-0.4, -0.2) is 85.4 Å². The first kappa shape index (κ1) is 20.2. The number of hydrogen-bond acceptors (Lipinski definition) is 4. The van der Waals surface area contributed by atoms with Crippen molar-refractivity contribution in [3.8, 4) is 0 Å². The third-order valence-electron chi connectivity index (χ3n) is 4.41. The van der Waals surface area contributed by atoms with Crippen LogP contribution in [0.5, 0.6) is 0 Å². The van der Waals surface area contributed by atoms with Crippen LogP contribution >= 0.6 is 12.4 Å². The standard InChI is InChI=1S/C16H30N4O2.ClH/c1-16(2,3)15(22)20-12-10-18(11-13-20)7-4-14(21)19-8-5-17-6-9-19;/h17H,4-13H2,1-3H3;1H. The predicted octanol–water partition coefficient (Wildman–Crippen LogP) is 0.420. The zero-order valence-electron chi connectivity index (χ0n) is 14.6. The van der Waals surface area contributed by atoms with E-state index >= 15 is 0 Å². The molecule has 2 aliphatic rings. The second-order valence-corrected chi connectivity index (χ2v) is 7.26. The van der Waals surface area contributed by atoms with Crippen LogP contribution in [0.15, 0.2) is 0 Å². The molecule has 2 rings (SSSR count). The summed E-state index contributed by atoms with van der Waals surface area (Å²) in [6.07, 6.45) is 0.590. The monoisotopic (exact) mass is 346 g/mol. The van der Waals surface area contributed by atoms with Crippen molar-refractivity contribution in [2.75, 3.05) is 58.9 Å². The van der Waals surface area contributed by atoms with E-state index in [4.69, 9.17) is 0 Å². The Labute approximate surface area is 146 Å². The number of hydrogen-bond donors (Lipinski definition) is 1. The summed E-state index contributed by atoms with van der Waals surface area (Å²) in [6.45, 7) is 13.5. The summed E-state index contributed by atoms with van der Waals surface area (Å²) >= 11 is 0. The molecular formula is C16H31ClN4O2. The molecule has 2 heterocycles. The summed E-state index contributed by atoms with van der Waals surface area (Å²) in [5, 5.41) is 3.26. The van der Waals surface area contributed by atoms with Crippen molar-refractivity contribution in [1.82, 2.24) is 20.0 Å². The summed E-state index contributed by atoms with van der Waals surface area (Å²) in [5.74, 6) is 0.485. The van der Waals surface area contributed by atoms with Gasteiger partial charge in [0.2, 0.25) is 11.8 Å². The summed E-state index contributed by atoms with van der Waals surface area (Å²) in [5.41, 5.74) is -0.305. The minimum Gasteiger partial charge on any atom is -0.340 e. The quantitative estimate of drug-likeness (QED) is 0.804. The van der Waals surface area contributed by atoms with Gasteiger partial charge in [0.05, 0.1) is 0 Å². The third-order valence-corrected chi connectivity index (χ3v) is 4.41. The SMILES string of the molecule is CC(C)(C)C(=O)N1CCN(CCC(=O)N2CCNCC2)CC1.Cl. The van der Waals surface area contributed by atoms with E-state index in [2.05, 4.69) is 10.2 Å². The molecule has 0 aliphatic carbocycles. The highest BCUT2D eigenvalue weighted by molar-refractivity contribution is 5.85. The number of carbonyl (C=O) groups is 2. The molecule has 23 heavy (non-hydrogen) atoms. The molecule has 0 spiro atoms. The molecule has 0 aromatic carbocycles. The summed E-state index contributed by atoms with van der Waals surface area (Å²) in [4.78, 5) is 30.6. The summed E-state index contributed by atoms with van der Waals surface area (Å²) in [7, 11) is 0. The Morgan fingerprint density at radius 3 is 2.00 bits per heavy atom. The van der Waals surface area contributed by atoms with Gasteiger partial charge in [0.25, 0.3) is 0 Å². The van der Waals surface area contributed by atoms with Crippen molar-refractivity contribution >= 4 is 24.2 Å². The molecule has 0 aromatic rings. The van der Waals surface area contributed by atoms with Gasteiger partial charge in [0.15, 0.2) is 0 Å². The van der Waals surface area contributed by atoms with E-state index in [9.17, 15) is 9.59 Å². The first-order valence-corrected chi connectivity index (χ1v) is 8.38. The second-order valence-electron chi connectivity index (χ2n) is 7.26. The van der Waals surface area contributed by atoms with Crippen LogP contribution in [0.1, 0.15) is 27.2 Å². The van der Waals surface area contributed by atoms with Crippen LogP contribution < -0.4 is 5.32 Å². The molecule has 7 heteroatoms. The Hall–Kier alpha value is -0.850. The third kappa shape index (κ3) is 5.94. The zero-order chi connectivity index (χ0) is 16.2. The first-order valence-electron chi connectivity index (χ1n) is 8.38. The van der Waals surface area contributed by atoms with Crippen molar-refractivity contribution in [3.05, 3.63) is 0 Å². The molecule has 2 saturated heterocycles. The largest absolute Gasteiger partial charge is 0.340 e. The van der Waals surface area contributed by atoms with E-state index in [0.29, 0.717) is 6.42 Å². The lowest BCUT2D eigenvalue weighted by Crippen LogP contribution is -2.52. The van der Waals surface area contributed by atoms with Crippen molar-refractivity contribution in [2.24, 2.45) is 5.41 Å². The molecule has 0 radical (unpaired) electrons. The number of rotatable bonds is 3. The van der Waals surface area contributed by atoms with Crippen molar-refractivity contribution in [2.45, 2.75) is 27.2 Å². The van der Waals surface area contributed by atoms with Gasteiger partial charge in [-0.25, -0.2) is 0 Å². The van der Waals surface area contributed by atoms with E-state index < -0.39 is 0 Å². The average molecular weight is 347 g/mol. The molecule has 0 unspecified atom stereocenters. The van der Waals surface area contributed by atoms with E-state index in [0.717, 1.165) is 58.9 Å². The first-order chi connectivity index (χ1) is 10.4. The fraction of sp³-hybridized carbons (Fsp3) is 0.875. The van der Waals surface area contributed by atoms with Crippen LogP contribution in [0.4, 0.5) is 0 Å². The molecule has 6 nitrogen and oxygen atoms in total. The van der Waals surface area contributed by atoms with Gasteiger partial charge >= 0.3 is 0 Å². The highest BCUT2D eigenvalue weighted by Crippen LogP contribution is 2.18. The number of carbonyl (C=O) groups excluding carboxylic acids is 2. The van der Waals surface area contributed by atoms with Gasteiger partial charge in [-0.15, -0.1) is 12.4 Å². The molecule has 1 N–H and O–H groups in total. The van der Waals surface area contributed by atoms with Crippen molar-refractivity contribution in [3.63, 3.8) is 0 Å². The maximum atomic E-state index is 12.2. The smallest absolute Gasteiger partial charge is 0.228 e. The topological polar surface area (TPSA) is 55.9 Å². The molecule has 0 saturated carbocycles. The van der Waals surface area contributed by atoms with Gasteiger partial charge in [0.1, 0.15) is 0 Å². The van der Waals surface area contributed by atoms with E-state index in [1.165, 1.54) is 0 Å². The van der Waals surface area contributed by atoms with E-state index in [1.807, 2.05) is 30.6 Å². The fourth-order valence-corrected chi connectivity index (χ4v) is 2.98. The molecule has 2 amide bonds. The molecule has 0 aromatic heterocycles. The Morgan fingerprint density at radius 2 is 1.48 bits per heavy atom. The number of nitrogens with one attached hydrogen (secondary N) is 1. The Bertz CT molecular complexity index is 397. The van der Waals surface area contributed by atoms with Crippen molar-refractivity contribution < 1.29 is 9.59 Å². The minimum atomic E-state index is -0.305. The van der Waals surface area contributed by atoms with Crippen LogP contribution in [0, 0.1) is 5.41 Å². The maximum absolute atomic E-state index is 12.2. The molecular weight excluding hydrogens is 316 g/mol. The van der Waals surface area contributed by atoms with Crippen LogP contribution in [0.3, 0.4) is 0 Å². The molecule has 2 fully saturated rings. The summed E-state index contributed by atoms with van der Waals surface area (Å²) in [6, 6.07) is 0. The van der Waals surface area contributed by atoms with E-state index in [-0.39, 0.29) is 29.6 Å². The summed E-state index contributed by atoms with van der Waals surface area (Å²) < 4.78 is 0. The fourth-order valence-electron chi connectivity index (χ4n) is 2.98. The highest BCUT2D eigenvalue weighted by Gasteiger charge is 2.29. The molecule has 0 atom stereocenters. The lowest BCUT2D eigenvalue weighted by Gasteiger charge is -2.37. The van der Waals surface area contributed by atoms with Gasteiger partial charge in [0, 0.05) is 70.7 Å². The van der Waals surface area contributed by atoms with Crippen molar-refractivity contribution in [1.29, 1.82) is 0 Å². The number of piperazine rings is 2. The van der Waals surface area contributed by atoms with Gasteiger partial charge in [-0.3, -0.25) is 14.5 Å². The highest BCUT2D eigenvalue weighted by atomic mass is 35.5. The Balaban J connectivity index is 0.00000264. The second kappa shape index (κ2) is 8.85. The Kier molecular flexibility index (Phi) is 7.77. The molecule has 0 bridgehead atoms. The average Bonchev–Trinajstić information content (AvgIpc) is 2.52. The van der Waals surface area contributed by atoms with Crippen LogP contribution in [0.25, 0.3) is 0 Å². The van der Waals surface area contributed by atoms with Gasteiger partial charge < -0.3 is 15.1 Å². The number of nitrogens with zero attached hydrogens (tertiary/aromatic N) is 3. The van der Waals surface area contributed by atoms with Crippen LogP contribution in [0.2, 0.25) is 0 Å². The lowest BCUT2D eigenvalue weighted by atomic mass is 9.94. The predicted molar refractivity (Wildman–Crippen MR) is 93.8 cm³/mol. The van der Waals surface area contributed by atoms with Gasteiger partial charge in [-0.2, -0.15) is 0 Å². The van der Waals surface area contributed by atoms with E-state index in [1.54, 1.807) is 0 Å². The minimum absolute atomic E-state index is 0. The normalized spacial score (nSPS) is 20.1. The lowest BCUT2D eigenvalue weighted by molar-refractivity contribution is -0.141. The van der Waals surface area contributed by atoms with Gasteiger partial charge in [-0.05, 0) is 0 Å².